The zero-order valence-corrected chi connectivity index (χ0v) is 14.1. The van der Waals surface area contributed by atoms with Crippen molar-refractivity contribution in [3.63, 3.8) is 0 Å². The normalized spacial score (nSPS) is 20.2. The first kappa shape index (κ1) is 17.2. The van der Waals surface area contributed by atoms with Crippen LogP contribution in [0, 0.1) is 11.7 Å². The van der Waals surface area contributed by atoms with Crippen molar-refractivity contribution in [2.75, 3.05) is 38.3 Å². The highest BCUT2D eigenvalue weighted by Gasteiger charge is 2.19. The van der Waals surface area contributed by atoms with Crippen molar-refractivity contribution < 1.29 is 9.13 Å². The smallest absolute Gasteiger partial charge is 0.146 e. The van der Waals surface area contributed by atoms with Gasteiger partial charge in [-0.15, -0.1) is 0 Å². The van der Waals surface area contributed by atoms with Crippen LogP contribution in [0.25, 0.3) is 0 Å². The average Bonchev–Trinajstić information content (AvgIpc) is 2.51. The molecule has 124 valence electrons. The van der Waals surface area contributed by atoms with Crippen molar-refractivity contribution in [1.29, 1.82) is 0 Å². The summed E-state index contributed by atoms with van der Waals surface area (Å²) < 4.78 is 19.5. The van der Waals surface area contributed by atoms with Crippen molar-refractivity contribution in [1.82, 2.24) is 5.32 Å². The predicted octanol–water partition coefficient (Wildman–Crippen LogP) is 3.75. The molecule has 0 radical (unpaired) electrons. The Morgan fingerprint density at radius 2 is 2.27 bits per heavy atom. The second-order valence-corrected chi connectivity index (χ2v) is 6.43. The van der Waals surface area contributed by atoms with Crippen molar-refractivity contribution >= 4 is 5.69 Å². The van der Waals surface area contributed by atoms with Crippen molar-refractivity contribution in [3.05, 3.63) is 29.6 Å². The molecule has 1 N–H and O–H groups in total. The van der Waals surface area contributed by atoms with Crippen LogP contribution in [0.1, 0.15) is 44.7 Å². The number of hydrogen-bond acceptors (Lipinski definition) is 3. The summed E-state index contributed by atoms with van der Waals surface area (Å²) in [5.41, 5.74) is 1.76. The molecule has 2 rings (SSSR count). The van der Waals surface area contributed by atoms with E-state index in [1.165, 1.54) is 6.42 Å². The van der Waals surface area contributed by atoms with Crippen LogP contribution in [0.2, 0.25) is 0 Å². The van der Waals surface area contributed by atoms with Gasteiger partial charge in [0.25, 0.3) is 0 Å². The molecule has 1 fully saturated rings. The molecule has 0 amide bonds. The van der Waals surface area contributed by atoms with E-state index in [-0.39, 0.29) is 11.9 Å². The second kappa shape index (κ2) is 8.49. The van der Waals surface area contributed by atoms with Gasteiger partial charge in [0.1, 0.15) is 5.82 Å². The summed E-state index contributed by atoms with van der Waals surface area (Å²) in [6, 6.07) is 5.82. The van der Waals surface area contributed by atoms with E-state index in [2.05, 4.69) is 24.1 Å². The Labute approximate surface area is 133 Å². The van der Waals surface area contributed by atoms with E-state index in [9.17, 15) is 4.39 Å². The lowest BCUT2D eigenvalue weighted by molar-refractivity contribution is 0.193. The van der Waals surface area contributed by atoms with Crippen LogP contribution in [-0.4, -0.2) is 33.4 Å². The number of benzene rings is 1. The Morgan fingerprint density at radius 1 is 1.45 bits per heavy atom. The van der Waals surface area contributed by atoms with Gasteiger partial charge < -0.3 is 15.0 Å². The van der Waals surface area contributed by atoms with Crippen LogP contribution in [0.5, 0.6) is 0 Å². The third-order valence-corrected chi connectivity index (χ3v) is 4.45. The van der Waals surface area contributed by atoms with Gasteiger partial charge in [-0.05, 0) is 56.3 Å². The molecule has 1 aromatic rings. The fourth-order valence-electron chi connectivity index (χ4n) is 3.11. The summed E-state index contributed by atoms with van der Waals surface area (Å²) in [7, 11) is 1.71. The first-order chi connectivity index (χ1) is 10.6. The summed E-state index contributed by atoms with van der Waals surface area (Å²) in [5, 5.41) is 3.41. The van der Waals surface area contributed by atoms with E-state index >= 15 is 0 Å². The Bertz CT molecular complexity index is 466. The van der Waals surface area contributed by atoms with Crippen LogP contribution in [0.4, 0.5) is 10.1 Å². The molecule has 1 heterocycles. The lowest BCUT2D eigenvalue weighted by atomic mass is 9.99. The number of piperidine rings is 1. The molecule has 22 heavy (non-hydrogen) atoms. The van der Waals surface area contributed by atoms with Gasteiger partial charge in [-0.3, -0.25) is 0 Å². The SMILES string of the molecule is COCCCN[C@@H](C)c1ccc(N2CCC[C@@H](C)C2)c(F)c1. The van der Waals surface area contributed by atoms with E-state index in [1.54, 1.807) is 13.2 Å². The number of nitrogens with zero attached hydrogens (tertiary/aromatic N) is 1. The molecule has 0 aromatic heterocycles. The minimum atomic E-state index is -0.0999. The molecule has 1 aliphatic rings. The van der Waals surface area contributed by atoms with E-state index in [1.807, 2.05) is 12.1 Å². The van der Waals surface area contributed by atoms with Gasteiger partial charge in [-0.2, -0.15) is 0 Å². The van der Waals surface area contributed by atoms with Gasteiger partial charge in [-0.25, -0.2) is 4.39 Å². The van der Waals surface area contributed by atoms with Crippen LogP contribution in [0.3, 0.4) is 0 Å². The standard InChI is InChI=1S/C18H29FN2O/c1-14-6-4-10-21(13-14)18-8-7-16(12-17(18)19)15(2)20-9-5-11-22-3/h7-8,12,14-15,20H,4-6,9-11,13H2,1-3H3/t14-,15+/m1/s1. The van der Waals surface area contributed by atoms with Crippen LogP contribution in [0.15, 0.2) is 18.2 Å². The Hall–Kier alpha value is -1.13. The number of methoxy groups -OCH3 is 1. The summed E-state index contributed by atoms with van der Waals surface area (Å²) in [4.78, 5) is 2.18. The van der Waals surface area contributed by atoms with Gasteiger partial charge >= 0.3 is 0 Å². The maximum Gasteiger partial charge on any atom is 0.146 e. The van der Waals surface area contributed by atoms with Gasteiger partial charge in [0.15, 0.2) is 0 Å². The summed E-state index contributed by atoms with van der Waals surface area (Å²) >= 11 is 0. The molecule has 1 aromatic carbocycles. The minimum Gasteiger partial charge on any atom is -0.385 e. The van der Waals surface area contributed by atoms with E-state index < -0.39 is 0 Å². The van der Waals surface area contributed by atoms with E-state index in [4.69, 9.17) is 4.74 Å². The highest BCUT2D eigenvalue weighted by Crippen LogP contribution is 2.27. The lowest BCUT2D eigenvalue weighted by Crippen LogP contribution is -2.34. The largest absolute Gasteiger partial charge is 0.385 e. The fraction of sp³-hybridized carbons (Fsp3) is 0.667. The topological polar surface area (TPSA) is 24.5 Å². The first-order valence-corrected chi connectivity index (χ1v) is 8.38. The van der Waals surface area contributed by atoms with Crippen LogP contribution in [-0.2, 0) is 4.74 Å². The summed E-state index contributed by atoms with van der Waals surface area (Å²) in [6.45, 7) is 7.86. The molecule has 0 saturated carbocycles. The van der Waals surface area contributed by atoms with Crippen LogP contribution >= 0.6 is 0 Å². The maximum absolute atomic E-state index is 14.5. The molecule has 0 bridgehead atoms. The average molecular weight is 308 g/mol. The first-order valence-electron chi connectivity index (χ1n) is 8.38. The zero-order valence-electron chi connectivity index (χ0n) is 14.1. The van der Waals surface area contributed by atoms with E-state index in [0.717, 1.165) is 50.3 Å². The second-order valence-electron chi connectivity index (χ2n) is 6.43. The predicted molar refractivity (Wildman–Crippen MR) is 89.9 cm³/mol. The molecular weight excluding hydrogens is 279 g/mol. The molecular formula is C18H29FN2O. The van der Waals surface area contributed by atoms with Gasteiger partial charge in [0.05, 0.1) is 5.69 Å². The number of rotatable bonds is 7. The molecule has 0 spiro atoms. The molecule has 0 aliphatic carbocycles. The highest BCUT2D eigenvalue weighted by molar-refractivity contribution is 5.50. The summed E-state index contributed by atoms with van der Waals surface area (Å²) in [5.74, 6) is 0.548. The number of nitrogens with one attached hydrogen (secondary N) is 1. The maximum atomic E-state index is 14.5. The highest BCUT2D eigenvalue weighted by atomic mass is 19.1. The zero-order chi connectivity index (χ0) is 15.9. The Kier molecular flexibility index (Phi) is 6.65. The monoisotopic (exact) mass is 308 g/mol. The summed E-state index contributed by atoms with van der Waals surface area (Å²) in [6.07, 6.45) is 3.37. The quantitative estimate of drug-likeness (QED) is 0.776. The van der Waals surface area contributed by atoms with Gasteiger partial charge in [0, 0.05) is 32.8 Å². The van der Waals surface area contributed by atoms with Gasteiger partial charge in [0.2, 0.25) is 0 Å². The molecule has 2 atom stereocenters. The fourth-order valence-corrected chi connectivity index (χ4v) is 3.11. The van der Waals surface area contributed by atoms with Crippen LogP contribution < -0.4 is 10.2 Å². The molecule has 1 saturated heterocycles. The number of ether oxygens (including phenoxy) is 1. The van der Waals surface area contributed by atoms with Crippen molar-refractivity contribution in [3.8, 4) is 0 Å². The third-order valence-electron chi connectivity index (χ3n) is 4.45. The Morgan fingerprint density at radius 3 is 2.95 bits per heavy atom. The third kappa shape index (κ3) is 4.68. The molecule has 1 aliphatic heterocycles. The van der Waals surface area contributed by atoms with E-state index in [0.29, 0.717) is 5.92 Å². The van der Waals surface area contributed by atoms with Gasteiger partial charge in [-0.1, -0.05) is 13.0 Å². The molecule has 3 nitrogen and oxygen atoms in total. The number of hydrogen-bond donors (Lipinski definition) is 1. The lowest BCUT2D eigenvalue weighted by Gasteiger charge is -2.33. The molecule has 0 unspecified atom stereocenters. The molecule has 4 heteroatoms. The minimum absolute atomic E-state index is 0.0999. The Balaban J connectivity index is 1.96. The number of halogens is 1. The van der Waals surface area contributed by atoms with Crippen molar-refractivity contribution in [2.45, 2.75) is 39.2 Å². The number of anilines is 1. The van der Waals surface area contributed by atoms with Crippen molar-refractivity contribution in [2.24, 2.45) is 5.92 Å².